The molecule has 1 aromatic rings. The average molecular weight is 328 g/mol. The zero-order chi connectivity index (χ0) is 16.9. The number of ether oxygens (including phenoxy) is 1. The van der Waals surface area contributed by atoms with Gasteiger partial charge in [0.2, 0.25) is 0 Å². The van der Waals surface area contributed by atoms with Gasteiger partial charge >= 0.3 is 0 Å². The molecule has 24 heavy (non-hydrogen) atoms. The molecule has 1 N–H and O–H groups in total. The fourth-order valence-corrected chi connectivity index (χ4v) is 6.52. The van der Waals surface area contributed by atoms with E-state index in [1.54, 1.807) is 5.56 Å². The number of benzene rings is 1. The topological polar surface area (TPSA) is 29.5 Å². The Bertz CT molecular complexity index is 623. The van der Waals surface area contributed by atoms with Crippen LogP contribution in [-0.2, 0) is 17.6 Å². The van der Waals surface area contributed by atoms with E-state index in [2.05, 4.69) is 26.0 Å². The van der Waals surface area contributed by atoms with Gasteiger partial charge in [0.15, 0.2) is 0 Å². The maximum atomic E-state index is 10.2. The van der Waals surface area contributed by atoms with E-state index in [1.165, 1.54) is 37.7 Å². The van der Waals surface area contributed by atoms with E-state index in [1.807, 2.05) is 7.11 Å². The minimum absolute atomic E-state index is 0.485. The molecule has 3 aliphatic carbocycles. The van der Waals surface area contributed by atoms with Gasteiger partial charge in [0.1, 0.15) is 5.75 Å². The van der Waals surface area contributed by atoms with Crippen LogP contribution in [0, 0.1) is 23.2 Å². The van der Waals surface area contributed by atoms with Crippen LogP contribution in [0.25, 0.3) is 0 Å². The lowest BCUT2D eigenvalue weighted by atomic mass is 9.54. The molecule has 2 fully saturated rings. The summed E-state index contributed by atoms with van der Waals surface area (Å²) >= 11 is 0. The van der Waals surface area contributed by atoms with Crippen LogP contribution in [0.2, 0.25) is 0 Å². The third-order valence-electron chi connectivity index (χ3n) is 7.87. The molecule has 0 bridgehead atoms. The molecule has 0 unspecified atom stereocenters. The van der Waals surface area contributed by atoms with Gasteiger partial charge in [-0.25, -0.2) is 0 Å². The largest absolute Gasteiger partial charge is 0.508 e. The number of hydrogen-bond acceptors (Lipinski definition) is 2. The molecule has 0 aromatic heterocycles. The smallest absolute Gasteiger partial charge is 0.119 e. The van der Waals surface area contributed by atoms with Crippen molar-refractivity contribution in [1.29, 1.82) is 0 Å². The van der Waals surface area contributed by atoms with Gasteiger partial charge in [-0.2, -0.15) is 0 Å². The Morgan fingerprint density at radius 1 is 1.21 bits per heavy atom. The maximum Gasteiger partial charge on any atom is 0.119 e. The van der Waals surface area contributed by atoms with Crippen molar-refractivity contribution in [1.82, 2.24) is 0 Å². The standard InChI is InChI=1S/C22H32O2/c1-4-14-11-19-15(12-21(14)23)5-7-18-17(19)9-10-22(2)16(13-24-3)6-8-20(18)22/h11-12,16-18,20,23H,4-10,13H2,1-3H3/t16-,17+,18-,20+,22-/m1/s1. The highest BCUT2D eigenvalue weighted by molar-refractivity contribution is 5.45. The first-order valence-corrected chi connectivity index (χ1v) is 9.92. The number of aromatic hydroxyl groups is 1. The van der Waals surface area contributed by atoms with Crippen LogP contribution < -0.4 is 0 Å². The highest BCUT2D eigenvalue weighted by Crippen LogP contribution is 2.63. The van der Waals surface area contributed by atoms with E-state index in [-0.39, 0.29) is 0 Å². The van der Waals surface area contributed by atoms with Gasteiger partial charge in [0.05, 0.1) is 0 Å². The van der Waals surface area contributed by atoms with E-state index in [9.17, 15) is 5.11 Å². The first kappa shape index (κ1) is 16.4. The van der Waals surface area contributed by atoms with E-state index < -0.39 is 0 Å². The summed E-state index contributed by atoms with van der Waals surface area (Å²) in [6.07, 6.45) is 8.78. The van der Waals surface area contributed by atoms with Gasteiger partial charge in [0.25, 0.3) is 0 Å². The molecule has 0 aliphatic heterocycles. The second-order valence-corrected chi connectivity index (χ2v) is 8.72. The number of phenols is 1. The van der Waals surface area contributed by atoms with Crippen molar-refractivity contribution in [2.75, 3.05) is 13.7 Å². The van der Waals surface area contributed by atoms with Crippen LogP contribution in [0.15, 0.2) is 12.1 Å². The number of hydrogen-bond donors (Lipinski definition) is 1. The van der Waals surface area contributed by atoms with E-state index >= 15 is 0 Å². The van der Waals surface area contributed by atoms with Crippen molar-refractivity contribution in [3.8, 4) is 5.75 Å². The first-order valence-electron chi connectivity index (χ1n) is 9.92. The lowest BCUT2D eigenvalue weighted by Crippen LogP contribution is -2.43. The minimum atomic E-state index is 0.485. The minimum Gasteiger partial charge on any atom is -0.508 e. The normalized spacial score (nSPS) is 37.6. The number of aryl methyl sites for hydroxylation is 2. The Labute approximate surface area is 146 Å². The fraction of sp³-hybridized carbons (Fsp3) is 0.727. The van der Waals surface area contributed by atoms with Crippen molar-refractivity contribution < 1.29 is 9.84 Å². The molecule has 4 rings (SSSR count). The van der Waals surface area contributed by atoms with Gasteiger partial charge in [-0.1, -0.05) is 19.9 Å². The van der Waals surface area contributed by atoms with Gasteiger partial charge in [-0.3, -0.25) is 0 Å². The third kappa shape index (κ3) is 2.33. The molecule has 132 valence electrons. The second-order valence-electron chi connectivity index (χ2n) is 8.72. The predicted molar refractivity (Wildman–Crippen MR) is 97.5 cm³/mol. The molecular formula is C22H32O2. The fourth-order valence-electron chi connectivity index (χ4n) is 6.52. The maximum absolute atomic E-state index is 10.2. The summed E-state index contributed by atoms with van der Waals surface area (Å²) < 4.78 is 5.55. The zero-order valence-corrected chi connectivity index (χ0v) is 15.5. The summed E-state index contributed by atoms with van der Waals surface area (Å²) in [7, 11) is 1.86. The van der Waals surface area contributed by atoms with Crippen LogP contribution >= 0.6 is 0 Å². The summed E-state index contributed by atoms with van der Waals surface area (Å²) in [5, 5.41) is 10.2. The van der Waals surface area contributed by atoms with Crippen molar-refractivity contribution in [2.24, 2.45) is 23.2 Å². The molecule has 0 radical (unpaired) electrons. The van der Waals surface area contributed by atoms with Crippen LogP contribution in [-0.4, -0.2) is 18.8 Å². The van der Waals surface area contributed by atoms with E-state index in [0.29, 0.717) is 11.2 Å². The number of methoxy groups -OCH3 is 1. The number of phenolic OH excluding ortho intramolecular Hbond substituents is 1. The first-order chi connectivity index (χ1) is 11.6. The van der Waals surface area contributed by atoms with Crippen molar-refractivity contribution in [3.05, 3.63) is 28.8 Å². The predicted octanol–water partition coefficient (Wildman–Crippen LogP) is 5.07. The van der Waals surface area contributed by atoms with E-state index in [0.717, 1.165) is 48.7 Å². The summed E-state index contributed by atoms with van der Waals surface area (Å²) in [5.74, 6) is 3.69. The van der Waals surface area contributed by atoms with E-state index in [4.69, 9.17) is 4.74 Å². The summed E-state index contributed by atoms with van der Waals surface area (Å²) in [6.45, 7) is 5.63. The SMILES string of the molecule is CCc1cc2c(cc1O)CC[C@@H]1[C@@H]2CC[C@]2(C)[C@@H](COC)CC[C@@H]12. The van der Waals surface area contributed by atoms with Crippen LogP contribution in [0.3, 0.4) is 0 Å². The zero-order valence-electron chi connectivity index (χ0n) is 15.5. The van der Waals surface area contributed by atoms with Gasteiger partial charge < -0.3 is 9.84 Å². The van der Waals surface area contributed by atoms with Gasteiger partial charge in [0, 0.05) is 13.7 Å². The highest BCUT2D eigenvalue weighted by atomic mass is 16.5. The number of rotatable bonds is 3. The van der Waals surface area contributed by atoms with Crippen molar-refractivity contribution in [3.63, 3.8) is 0 Å². The van der Waals surface area contributed by atoms with Gasteiger partial charge in [-0.15, -0.1) is 0 Å². The Balaban J connectivity index is 1.66. The molecule has 0 heterocycles. The van der Waals surface area contributed by atoms with Gasteiger partial charge in [-0.05, 0) is 96.8 Å². The molecule has 0 amide bonds. The average Bonchev–Trinajstić information content (AvgIpc) is 2.91. The lowest BCUT2D eigenvalue weighted by Gasteiger charge is -2.51. The number of fused-ring (bicyclic) bond motifs is 5. The Morgan fingerprint density at radius 3 is 2.79 bits per heavy atom. The Morgan fingerprint density at radius 2 is 2.04 bits per heavy atom. The molecule has 1 aromatic carbocycles. The molecule has 0 spiro atoms. The van der Waals surface area contributed by atoms with Crippen molar-refractivity contribution >= 4 is 0 Å². The highest BCUT2D eigenvalue weighted by Gasteiger charge is 2.54. The summed E-state index contributed by atoms with van der Waals surface area (Å²) in [5.41, 5.74) is 4.60. The second kappa shape index (κ2) is 6.05. The van der Waals surface area contributed by atoms with Crippen molar-refractivity contribution in [2.45, 2.75) is 64.7 Å². The molecule has 0 saturated heterocycles. The summed E-state index contributed by atoms with van der Waals surface area (Å²) in [6, 6.07) is 4.41. The van der Waals surface area contributed by atoms with Crippen LogP contribution in [0.1, 0.15) is 68.6 Å². The Hall–Kier alpha value is -1.02. The monoisotopic (exact) mass is 328 g/mol. The molecule has 2 nitrogen and oxygen atoms in total. The van der Waals surface area contributed by atoms with Crippen LogP contribution in [0.4, 0.5) is 0 Å². The molecular weight excluding hydrogens is 296 g/mol. The third-order valence-corrected chi connectivity index (χ3v) is 7.87. The molecule has 3 aliphatic rings. The van der Waals surface area contributed by atoms with Crippen LogP contribution in [0.5, 0.6) is 5.75 Å². The quantitative estimate of drug-likeness (QED) is 0.839. The Kier molecular flexibility index (Phi) is 4.15. The lowest BCUT2D eigenvalue weighted by molar-refractivity contribution is 0.000586. The molecule has 2 heteroatoms. The summed E-state index contributed by atoms with van der Waals surface area (Å²) in [4.78, 5) is 0. The molecule has 5 atom stereocenters. The molecule has 2 saturated carbocycles.